The average Bonchev–Trinajstić information content (AvgIpc) is 2.56. The minimum atomic E-state index is -0.665. The summed E-state index contributed by atoms with van der Waals surface area (Å²) in [6.07, 6.45) is 12.6. The van der Waals surface area contributed by atoms with Gasteiger partial charge in [0, 0.05) is 13.0 Å². The molecule has 136 valence electrons. The van der Waals surface area contributed by atoms with Crippen molar-refractivity contribution in [2.45, 2.75) is 96.1 Å². The summed E-state index contributed by atoms with van der Waals surface area (Å²) in [5.41, 5.74) is -0.665. The first-order chi connectivity index (χ1) is 11.5. The zero-order valence-electron chi connectivity index (χ0n) is 15.4. The topological polar surface area (TPSA) is 58.2 Å². The molecule has 3 fully saturated rings. The van der Waals surface area contributed by atoms with Crippen LogP contribution in [0.3, 0.4) is 0 Å². The lowest BCUT2D eigenvalue weighted by atomic mass is 9.69. The maximum atomic E-state index is 13.1. The number of carbonyl (C=O) groups excluding carboxylic acids is 2. The molecule has 3 atom stereocenters. The number of nitrogens with one attached hydrogen (secondary N) is 2. The molecule has 24 heavy (non-hydrogen) atoms. The Kier molecular flexibility index (Phi) is 5.51. The molecule has 0 aromatic rings. The zero-order valence-corrected chi connectivity index (χ0v) is 15.4. The van der Waals surface area contributed by atoms with E-state index in [1.807, 2.05) is 0 Å². The third-order valence-corrected chi connectivity index (χ3v) is 6.85. The monoisotopic (exact) mass is 334 g/mol. The van der Waals surface area contributed by atoms with E-state index in [0.717, 1.165) is 50.4 Å². The molecule has 0 aliphatic heterocycles. The lowest BCUT2D eigenvalue weighted by molar-refractivity contribution is -0.135. The zero-order chi connectivity index (χ0) is 17.2. The van der Waals surface area contributed by atoms with Crippen LogP contribution in [0.15, 0.2) is 0 Å². The first-order valence-corrected chi connectivity index (χ1v) is 10.1. The largest absolute Gasteiger partial charge is 0.351 e. The van der Waals surface area contributed by atoms with Crippen LogP contribution in [0.4, 0.5) is 0 Å². The fraction of sp³-hybridized carbons (Fsp3) is 0.900. The van der Waals surface area contributed by atoms with E-state index in [0.29, 0.717) is 12.0 Å². The van der Waals surface area contributed by atoms with E-state index >= 15 is 0 Å². The number of fused-ring (bicyclic) bond motifs is 1. The maximum Gasteiger partial charge on any atom is 0.245 e. The Morgan fingerprint density at radius 3 is 2.25 bits per heavy atom. The summed E-state index contributed by atoms with van der Waals surface area (Å²) in [5.74, 6) is 2.34. The van der Waals surface area contributed by atoms with E-state index in [9.17, 15) is 9.59 Å². The molecule has 0 bridgehead atoms. The van der Waals surface area contributed by atoms with Crippen LogP contribution in [0.5, 0.6) is 0 Å². The quantitative estimate of drug-likeness (QED) is 0.829. The Bertz CT molecular complexity index is 468. The van der Waals surface area contributed by atoms with Crippen molar-refractivity contribution in [2.75, 3.05) is 0 Å². The smallest absolute Gasteiger partial charge is 0.245 e. The van der Waals surface area contributed by atoms with Crippen LogP contribution in [0, 0.1) is 17.8 Å². The summed E-state index contributed by atoms with van der Waals surface area (Å²) in [6.45, 7) is 3.76. The SMILES string of the molecule is CC(=O)NC1(C(=O)N[C@@H]2CC[C@@H]3CCCC[C@@H]3C2)CCC(C)CC1. The number of hydrogen-bond donors (Lipinski definition) is 2. The molecule has 0 unspecified atom stereocenters. The highest BCUT2D eigenvalue weighted by atomic mass is 16.2. The highest BCUT2D eigenvalue weighted by molar-refractivity contribution is 5.91. The average molecular weight is 335 g/mol. The molecule has 0 aromatic heterocycles. The van der Waals surface area contributed by atoms with E-state index in [1.165, 1.54) is 39.0 Å². The molecule has 3 aliphatic carbocycles. The van der Waals surface area contributed by atoms with E-state index in [2.05, 4.69) is 17.6 Å². The fourth-order valence-electron chi connectivity index (χ4n) is 5.33. The van der Waals surface area contributed by atoms with Crippen molar-refractivity contribution in [3.63, 3.8) is 0 Å². The van der Waals surface area contributed by atoms with Gasteiger partial charge in [0.05, 0.1) is 0 Å². The maximum absolute atomic E-state index is 13.1. The standard InChI is InChI=1S/C20H34N2O2/c1-14-9-11-20(12-10-14,22-15(2)23)19(24)21-18-8-7-16-5-3-4-6-17(16)13-18/h14,16-18H,3-13H2,1-2H3,(H,21,24)(H,22,23)/t14?,16-,17+,18+,20?/m0/s1. The van der Waals surface area contributed by atoms with Crippen LogP contribution in [0.25, 0.3) is 0 Å². The highest BCUT2D eigenvalue weighted by Crippen LogP contribution is 2.41. The summed E-state index contributed by atoms with van der Waals surface area (Å²) in [5, 5.41) is 6.34. The molecule has 3 aliphatic rings. The first-order valence-electron chi connectivity index (χ1n) is 10.1. The van der Waals surface area contributed by atoms with Crippen molar-refractivity contribution in [1.29, 1.82) is 0 Å². The van der Waals surface area contributed by atoms with E-state index in [1.54, 1.807) is 0 Å². The van der Waals surface area contributed by atoms with Gasteiger partial charge in [-0.25, -0.2) is 0 Å². The lowest BCUT2D eigenvalue weighted by Gasteiger charge is -2.42. The van der Waals surface area contributed by atoms with Crippen molar-refractivity contribution in [3.8, 4) is 0 Å². The van der Waals surface area contributed by atoms with Gasteiger partial charge in [0.1, 0.15) is 5.54 Å². The van der Waals surface area contributed by atoms with Crippen LogP contribution in [0.2, 0.25) is 0 Å². The van der Waals surface area contributed by atoms with Gasteiger partial charge in [-0.15, -0.1) is 0 Å². The molecular formula is C20H34N2O2. The number of hydrogen-bond acceptors (Lipinski definition) is 2. The molecule has 0 spiro atoms. The van der Waals surface area contributed by atoms with Crippen LogP contribution >= 0.6 is 0 Å². The Labute approximate surface area is 146 Å². The summed E-state index contributed by atoms with van der Waals surface area (Å²) in [4.78, 5) is 24.8. The highest BCUT2D eigenvalue weighted by Gasteiger charge is 2.43. The molecule has 4 heteroatoms. The number of carbonyl (C=O) groups is 2. The Hall–Kier alpha value is -1.06. The molecule has 0 radical (unpaired) electrons. The van der Waals surface area contributed by atoms with Crippen molar-refractivity contribution >= 4 is 11.8 Å². The van der Waals surface area contributed by atoms with Gasteiger partial charge in [-0.1, -0.05) is 32.6 Å². The van der Waals surface area contributed by atoms with Crippen LogP contribution in [-0.2, 0) is 9.59 Å². The van der Waals surface area contributed by atoms with Gasteiger partial charge in [-0.05, 0) is 62.7 Å². The molecule has 0 saturated heterocycles. The van der Waals surface area contributed by atoms with Crippen LogP contribution < -0.4 is 10.6 Å². The van der Waals surface area contributed by atoms with Crippen molar-refractivity contribution in [1.82, 2.24) is 10.6 Å². The Balaban J connectivity index is 1.62. The van der Waals surface area contributed by atoms with E-state index in [-0.39, 0.29) is 11.8 Å². The fourth-order valence-corrected chi connectivity index (χ4v) is 5.33. The van der Waals surface area contributed by atoms with Crippen molar-refractivity contribution in [3.05, 3.63) is 0 Å². The molecule has 0 heterocycles. The molecule has 2 N–H and O–H groups in total. The van der Waals surface area contributed by atoms with Gasteiger partial charge >= 0.3 is 0 Å². The number of rotatable bonds is 3. The van der Waals surface area contributed by atoms with Gasteiger partial charge in [-0.3, -0.25) is 9.59 Å². The van der Waals surface area contributed by atoms with Gasteiger partial charge in [0.15, 0.2) is 0 Å². The summed E-state index contributed by atoms with van der Waals surface area (Å²) in [7, 11) is 0. The second-order valence-corrected chi connectivity index (χ2v) is 8.73. The van der Waals surface area contributed by atoms with Crippen LogP contribution in [-0.4, -0.2) is 23.4 Å². The minimum absolute atomic E-state index is 0.0730. The van der Waals surface area contributed by atoms with E-state index < -0.39 is 5.54 Å². The molecule has 3 saturated carbocycles. The molecule has 2 amide bonds. The van der Waals surface area contributed by atoms with Crippen LogP contribution in [0.1, 0.15) is 84.5 Å². The van der Waals surface area contributed by atoms with Gasteiger partial charge in [-0.2, -0.15) is 0 Å². The normalized spacial score (nSPS) is 39.6. The van der Waals surface area contributed by atoms with Gasteiger partial charge in [0.2, 0.25) is 11.8 Å². The Morgan fingerprint density at radius 2 is 1.58 bits per heavy atom. The van der Waals surface area contributed by atoms with Crippen molar-refractivity contribution < 1.29 is 9.59 Å². The molecule has 0 aromatic carbocycles. The van der Waals surface area contributed by atoms with E-state index in [4.69, 9.17) is 0 Å². The second-order valence-electron chi connectivity index (χ2n) is 8.73. The third kappa shape index (κ3) is 3.94. The molecular weight excluding hydrogens is 300 g/mol. The summed E-state index contributed by atoms with van der Waals surface area (Å²) >= 11 is 0. The van der Waals surface area contributed by atoms with Gasteiger partial charge < -0.3 is 10.6 Å². The predicted molar refractivity (Wildman–Crippen MR) is 95.4 cm³/mol. The summed E-state index contributed by atoms with van der Waals surface area (Å²) < 4.78 is 0. The first kappa shape index (κ1) is 17.8. The predicted octanol–water partition coefficient (Wildman–Crippen LogP) is 3.55. The molecule has 3 rings (SSSR count). The lowest BCUT2D eigenvalue weighted by Crippen LogP contribution is -2.61. The summed E-state index contributed by atoms with van der Waals surface area (Å²) in [6, 6.07) is 0.307. The minimum Gasteiger partial charge on any atom is -0.351 e. The third-order valence-electron chi connectivity index (χ3n) is 6.85. The van der Waals surface area contributed by atoms with Crippen molar-refractivity contribution in [2.24, 2.45) is 17.8 Å². The number of amides is 2. The molecule has 4 nitrogen and oxygen atoms in total. The van der Waals surface area contributed by atoms with Gasteiger partial charge in [0.25, 0.3) is 0 Å². The Morgan fingerprint density at radius 1 is 0.917 bits per heavy atom. The second kappa shape index (κ2) is 7.45.